The molecule has 0 saturated heterocycles. The van der Waals surface area contributed by atoms with Gasteiger partial charge < -0.3 is 14.8 Å². The van der Waals surface area contributed by atoms with E-state index in [0.717, 1.165) is 12.1 Å². The highest BCUT2D eigenvalue weighted by atomic mass is 19.3. The molecule has 0 amide bonds. The Bertz CT molecular complexity index is 435. The molecule has 0 spiro atoms. The standard InChI is InChI=1S/C13H17F2NO2/c1-8(2)6-9(3)16-10-4-5-11-12(7-10)18-13(14,15)17-11/h4-5,7-9,16H,6H2,1-3H3. The first-order chi connectivity index (χ1) is 8.35. The lowest BCUT2D eigenvalue weighted by molar-refractivity contribution is -0.286. The minimum Gasteiger partial charge on any atom is -0.395 e. The normalized spacial score (nSPS) is 17.9. The van der Waals surface area contributed by atoms with Crippen molar-refractivity contribution in [2.24, 2.45) is 5.92 Å². The van der Waals surface area contributed by atoms with Gasteiger partial charge in [0, 0.05) is 17.8 Å². The number of anilines is 1. The third-order valence-corrected chi connectivity index (χ3v) is 2.64. The number of hydrogen-bond donors (Lipinski definition) is 1. The third-order valence-electron chi connectivity index (χ3n) is 2.64. The maximum atomic E-state index is 12.8. The van der Waals surface area contributed by atoms with Gasteiger partial charge in [-0.15, -0.1) is 8.78 Å². The molecule has 0 radical (unpaired) electrons. The predicted molar refractivity (Wildman–Crippen MR) is 65.2 cm³/mol. The Morgan fingerprint density at radius 2 is 1.83 bits per heavy atom. The van der Waals surface area contributed by atoms with E-state index in [-0.39, 0.29) is 17.5 Å². The van der Waals surface area contributed by atoms with Gasteiger partial charge in [0.2, 0.25) is 0 Å². The summed E-state index contributed by atoms with van der Waals surface area (Å²) in [6.45, 7) is 6.33. The van der Waals surface area contributed by atoms with Crippen molar-refractivity contribution in [3.05, 3.63) is 18.2 Å². The Morgan fingerprint density at radius 1 is 1.17 bits per heavy atom. The molecule has 100 valence electrons. The van der Waals surface area contributed by atoms with Crippen LogP contribution in [0, 0.1) is 5.92 Å². The van der Waals surface area contributed by atoms with Gasteiger partial charge in [0.05, 0.1) is 0 Å². The Hall–Kier alpha value is -1.52. The SMILES string of the molecule is CC(C)CC(C)Nc1ccc2c(c1)OC(F)(F)O2. The lowest BCUT2D eigenvalue weighted by Gasteiger charge is -2.17. The minimum atomic E-state index is -3.55. The van der Waals surface area contributed by atoms with E-state index in [4.69, 9.17) is 0 Å². The Kier molecular flexibility index (Phi) is 3.32. The van der Waals surface area contributed by atoms with Crippen molar-refractivity contribution in [2.75, 3.05) is 5.32 Å². The van der Waals surface area contributed by atoms with E-state index in [1.165, 1.54) is 12.1 Å². The van der Waals surface area contributed by atoms with Gasteiger partial charge in [-0.25, -0.2) is 0 Å². The summed E-state index contributed by atoms with van der Waals surface area (Å²) in [4.78, 5) is 0. The number of fused-ring (bicyclic) bond motifs is 1. The molecule has 0 aromatic heterocycles. The van der Waals surface area contributed by atoms with Crippen LogP contribution in [0.2, 0.25) is 0 Å². The summed E-state index contributed by atoms with van der Waals surface area (Å²) in [5, 5.41) is 3.25. The van der Waals surface area contributed by atoms with Crippen molar-refractivity contribution in [2.45, 2.75) is 39.5 Å². The molecule has 0 bridgehead atoms. The minimum absolute atomic E-state index is 0.0711. The first-order valence-corrected chi connectivity index (χ1v) is 6.02. The van der Waals surface area contributed by atoms with E-state index >= 15 is 0 Å². The van der Waals surface area contributed by atoms with Crippen LogP contribution < -0.4 is 14.8 Å². The molecule has 0 saturated carbocycles. The summed E-state index contributed by atoms with van der Waals surface area (Å²) in [5.41, 5.74) is 0.753. The summed E-state index contributed by atoms with van der Waals surface area (Å²) in [6, 6.07) is 5.00. The summed E-state index contributed by atoms with van der Waals surface area (Å²) < 4.78 is 34.4. The second-order valence-electron chi connectivity index (χ2n) is 5.00. The zero-order valence-electron chi connectivity index (χ0n) is 10.7. The molecule has 1 aliphatic heterocycles. The average molecular weight is 257 g/mol. The fourth-order valence-electron chi connectivity index (χ4n) is 2.09. The molecule has 0 aliphatic carbocycles. The van der Waals surface area contributed by atoms with Crippen LogP contribution in [0.15, 0.2) is 18.2 Å². The summed E-state index contributed by atoms with van der Waals surface area (Å²) in [7, 11) is 0. The van der Waals surface area contributed by atoms with Gasteiger partial charge in [-0.2, -0.15) is 0 Å². The summed E-state index contributed by atoms with van der Waals surface area (Å²) >= 11 is 0. The maximum absolute atomic E-state index is 12.8. The van der Waals surface area contributed by atoms with E-state index in [1.807, 2.05) is 0 Å². The van der Waals surface area contributed by atoms with Crippen LogP contribution >= 0.6 is 0 Å². The van der Waals surface area contributed by atoms with Crippen LogP contribution in [0.4, 0.5) is 14.5 Å². The van der Waals surface area contributed by atoms with E-state index in [0.29, 0.717) is 5.92 Å². The first kappa shape index (κ1) is 12.9. The lowest BCUT2D eigenvalue weighted by Crippen LogP contribution is -2.25. The van der Waals surface area contributed by atoms with Crippen LogP contribution in [-0.2, 0) is 0 Å². The molecule has 0 fully saturated rings. The van der Waals surface area contributed by atoms with E-state index in [9.17, 15) is 8.78 Å². The van der Waals surface area contributed by atoms with Gasteiger partial charge in [0.25, 0.3) is 0 Å². The zero-order chi connectivity index (χ0) is 13.3. The molecular weight excluding hydrogens is 240 g/mol. The Labute approximate surface area is 105 Å². The van der Waals surface area contributed by atoms with Gasteiger partial charge in [0.1, 0.15) is 0 Å². The molecule has 18 heavy (non-hydrogen) atoms. The lowest BCUT2D eigenvalue weighted by atomic mass is 10.1. The monoisotopic (exact) mass is 257 g/mol. The third kappa shape index (κ3) is 3.03. The molecular formula is C13H17F2NO2. The summed E-state index contributed by atoms with van der Waals surface area (Å²) in [6.07, 6.45) is -2.55. The number of alkyl halides is 2. The van der Waals surface area contributed by atoms with Gasteiger partial charge >= 0.3 is 6.29 Å². The van der Waals surface area contributed by atoms with E-state index in [2.05, 4.69) is 35.6 Å². The highest BCUT2D eigenvalue weighted by molar-refractivity contribution is 5.56. The largest absolute Gasteiger partial charge is 0.586 e. The number of ether oxygens (including phenoxy) is 2. The molecule has 2 rings (SSSR count). The molecule has 1 N–H and O–H groups in total. The maximum Gasteiger partial charge on any atom is 0.586 e. The van der Waals surface area contributed by atoms with E-state index < -0.39 is 6.29 Å². The van der Waals surface area contributed by atoms with Crippen molar-refractivity contribution in [3.8, 4) is 11.5 Å². The molecule has 1 aromatic rings. The number of nitrogens with one attached hydrogen (secondary N) is 1. The van der Waals surface area contributed by atoms with Crippen molar-refractivity contribution in [1.82, 2.24) is 0 Å². The Balaban J connectivity index is 2.05. The second kappa shape index (κ2) is 4.63. The number of hydrogen-bond acceptors (Lipinski definition) is 3. The fraction of sp³-hybridized carbons (Fsp3) is 0.538. The zero-order valence-corrected chi connectivity index (χ0v) is 10.7. The Morgan fingerprint density at radius 3 is 2.50 bits per heavy atom. The molecule has 1 aromatic carbocycles. The fourth-order valence-corrected chi connectivity index (χ4v) is 2.09. The van der Waals surface area contributed by atoms with Crippen molar-refractivity contribution in [3.63, 3.8) is 0 Å². The van der Waals surface area contributed by atoms with Crippen molar-refractivity contribution >= 4 is 5.69 Å². The van der Waals surface area contributed by atoms with Gasteiger partial charge in [-0.3, -0.25) is 0 Å². The molecule has 3 nitrogen and oxygen atoms in total. The summed E-state index contributed by atoms with van der Waals surface area (Å²) in [5.74, 6) is 0.717. The van der Waals surface area contributed by atoms with Crippen LogP contribution in [0.25, 0.3) is 0 Å². The highest BCUT2D eigenvalue weighted by Crippen LogP contribution is 2.42. The van der Waals surface area contributed by atoms with Gasteiger partial charge in [0.15, 0.2) is 11.5 Å². The smallest absolute Gasteiger partial charge is 0.395 e. The number of halogens is 2. The first-order valence-electron chi connectivity index (χ1n) is 6.02. The predicted octanol–water partition coefficient (Wildman–Crippen LogP) is 3.85. The van der Waals surface area contributed by atoms with Crippen LogP contribution in [0.1, 0.15) is 27.2 Å². The van der Waals surface area contributed by atoms with Crippen molar-refractivity contribution in [1.29, 1.82) is 0 Å². The van der Waals surface area contributed by atoms with Crippen LogP contribution in [-0.4, -0.2) is 12.3 Å². The van der Waals surface area contributed by atoms with Crippen molar-refractivity contribution < 1.29 is 18.3 Å². The number of benzene rings is 1. The van der Waals surface area contributed by atoms with Gasteiger partial charge in [-0.1, -0.05) is 13.8 Å². The highest BCUT2D eigenvalue weighted by Gasteiger charge is 2.43. The molecule has 1 heterocycles. The molecule has 1 atom stereocenters. The van der Waals surface area contributed by atoms with Crippen LogP contribution in [0.3, 0.4) is 0 Å². The molecule has 5 heteroatoms. The molecule has 1 unspecified atom stereocenters. The topological polar surface area (TPSA) is 30.5 Å². The van der Waals surface area contributed by atoms with E-state index in [1.54, 1.807) is 6.07 Å². The number of rotatable bonds is 4. The molecule has 1 aliphatic rings. The van der Waals surface area contributed by atoms with Crippen LogP contribution in [0.5, 0.6) is 11.5 Å². The average Bonchev–Trinajstić information content (AvgIpc) is 2.49. The second-order valence-corrected chi connectivity index (χ2v) is 5.00. The van der Waals surface area contributed by atoms with Gasteiger partial charge in [-0.05, 0) is 31.4 Å². The quantitative estimate of drug-likeness (QED) is 0.888.